The quantitative estimate of drug-likeness (QED) is 0.451. The van der Waals surface area contributed by atoms with Crippen LogP contribution >= 0.6 is 12.2 Å². The maximum absolute atomic E-state index is 10.8. The van der Waals surface area contributed by atoms with Gasteiger partial charge in [0.15, 0.2) is 6.23 Å². The summed E-state index contributed by atoms with van der Waals surface area (Å²) < 4.78 is 7.36. The molecular formula is C24H22N2O5S. The molecule has 4 rings (SSSR count). The number of nitrogens with zero attached hydrogens (tertiary/aromatic N) is 2. The molecule has 1 aliphatic rings. The topological polar surface area (TPSA) is 119 Å². The largest absolute Gasteiger partial charge is 0.394 e. The van der Waals surface area contributed by atoms with Crippen LogP contribution < -0.4 is 0 Å². The lowest BCUT2D eigenvalue weighted by atomic mass is 9.95. The fraction of sp³-hybridized carbons (Fsp3) is 0.250. The molecule has 0 radical (unpaired) electrons. The predicted molar refractivity (Wildman–Crippen MR) is 120 cm³/mol. The number of nitriles is 1. The summed E-state index contributed by atoms with van der Waals surface area (Å²) in [7, 11) is 0. The minimum atomic E-state index is -1.57. The molecule has 1 fully saturated rings. The zero-order valence-electron chi connectivity index (χ0n) is 16.9. The molecule has 1 saturated heterocycles. The van der Waals surface area contributed by atoms with E-state index in [-0.39, 0.29) is 10.2 Å². The molecule has 0 unspecified atom stereocenters. The lowest BCUT2D eigenvalue weighted by Crippen LogP contribution is -2.56. The average Bonchev–Trinajstić information content (AvgIpc) is 2.84. The molecule has 0 saturated carbocycles. The van der Waals surface area contributed by atoms with Gasteiger partial charge in [-0.15, -0.1) is 0 Å². The molecule has 4 N–H and O–H groups in total. The van der Waals surface area contributed by atoms with Gasteiger partial charge in [-0.3, -0.25) is 0 Å². The number of rotatable bonds is 4. The Hall–Kier alpha value is -2.90. The first-order valence-corrected chi connectivity index (χ1v) is 10.5. The first-order valence-electron chi connectivity index (χ1n) is 10.1. The molecule has 2 heterocycles. The van der Waals surface area contributed by atoms with E-state index in [0.29, 0.717) is 11.3 Å². The van der Waals surface area contributed by atoms with E-state index in [9.17, 15) is 25.7 Å². The monoisotopic (exact) mass is 450 g/mol. The van der Waals surface area contributed by atoms with E-state index in [1.54, 1.807) is 6.07 Å². The molecule has 0 aliphatic carbocycles. The normalized spacial score (nSPS) is 25.3. The van der Waals surface area contributed by atoms with Crippen LogP contribution in [0.3, 0.4) is 0 Å². The fourth-order valence-electron chi connectivity index (χ4n) is 3.96. The van der Waals surface area contributed by atoms with Crippen LogP contribution in [-0.2, 0) is 4.74 Å². The number of benzene rings is 2. The molecule has 5 atom stereocenters. The maximum atomic E-state index is 10.8. The van der Waals surface area contributed by atoms with Crippen LogP contribution in [0.2, 0.25) is 0 Å². The Kier molecular flexibility index (Phi) is 6.48. The van der Waals surface area contributed by atoms with Crippen LogP contribution in [0.15, 0.2) is 66.7 Å². The van der Waals surface area contributed by atoms with Crippen LogP contribution in [-0.4, -0.2) is 56.0 Å². The number of aliphatic hydroxyl groups is 4. The van der Waals surface area contributed by atoms with Crippen molar-refractivity contribution in [2.45, 2.75) is 30.6 Å². The highest BCUT2D eigenvalue weighted by atomic mass is 32.1. The Morgan fingerprint density at radius 1 is 0.906 bits per heavy atom. The molecule has 7 nitrogen and oxygen atoms in total. The first-order chi connectivity index (χ1) is 15.5. The van der Waals surface area contributed by atoms with Gasteiger partial charge in [-0.2, -0.15) is 5.26 Å². The third-order valence-electron chi connectivity index (χ3n) is 5.63. The van der Waals surface area contributed by atoms with Crippen molar-refractivity contribution in [3.63, 3.8) is 0 Å². The summed E-state index contributed by atoms with van der Waals surface area (Å²) >= 11 is 5.69. The molecule has 0 spiro atoms. The van der Waals surface area contributed by atoms with Crippen molar-refractivity contribution >= 4 is 12.2 Å². The summed E-state index contributed by atoms with van der Waals surface area (Å²) in [6.45, 7) is -0.567. The Labute approximate surface area is 190 Å². The summed E-state index contributed by atoms with van der Waals surface area (Å²) in [5.41, 5.74) is 2.93. The van der Waals surface area contributed by atoms with Crippen LogP contribution in [0.25, 0.3) is 22.4 Å². The van der Waals surface area contributed by atoms with E-state index >= 15 is 0 Å². The van der Waals surface area contributed by atoms with Crippen LogP contribution in [0.5, 0.6) is 0 Å². The van der Waals surface area contributed by atoms with Crippen molar-refractivity contribution in [3.05, 3.63) is 76.9 Å². The molecule has 1 aliphatic heterocycles. The van der Waals surface area contributed by atoms with Gasteiger partial charge in [-0.1, -0.05) is 72.9 Å². The van der Waals surface area contributed by atoms with Crippen LogP contribution in [0.4, 0.5) is 0 Å². The highest BCUT2D eigenvalue weighted by Crippen LogP contribution is 2.37. The van der Waals surface area contributed by atoms with Crippen LogP contribution in [0.1, 0.15) is 11.8 Å². The van der Waals surface area contributed by atoms with Gasteiger partial charge >= 0.3 is 0 Å². The van der Waals surface area contributed by atoms with Gasteiger partial charge in [0.25, 0.3) is 0 Å². The van der Waals surface area contributed by atoms with Crippen molar-refractivity contribution in [1.82, 2.24) is 4.57 Å². The summed E-state index contributed by atoms with van der Waals surface area (Å²) in [6, 6.07) is 22.5. The van der Waals surface area contributed by atoms with E-state index in [1.807, 2.05) is 60.7 Å². The van der Waals surface area contributed by atoms with E-state index in [0.717, 1.165) is 11.1 Å². The molecular weight excluding hydrogens is 428 g/mol. The molecule has 0 bridgehead atoms. The van der Waals surface area contributed by atoms with Gasteiger partial charge in [0.1, 0.15) is 35.1 Å². The number of pyridine rings is 1. The second kappa shape index (κ2) is 9.30. The maximum Gasteiger partial charge on any atom is 0.164 e. The standard InChI is InChI=1S/C24H22N2O5S/c25-12-17-16(14-7-3-1-4-8-14)11-18(15-9-5-2-6-10-15)26(24(17)32)23-22(30)21(29)20(28)19(13-27)31-23/h1-11,19-23,27-30H,13H2/t19-,20+,21+,22+,23+/m0/s1. The van der Waals surface area contributed by atoms with E-state index in [1.165, 1.54) is 4.57 Å². The summed E-state index contributed by atoms with van der Waals surface area (Å²) in [4.78, 5) is 0. The minimum Gasteiger partial charge on any atom is -0.394 e. The fourth-order valence-corrected chi connectivity index (χ4v) is 4.31. The number of ether oxygens (including phenoxy) is 1. The highest BCUT2D eigenvalue weighted by molar-refractivity contribution is 7.71. The van der Waals surface area contributed by atoms with Crippen molar-refractivity contribution in [2.24, 2.45) is 0 Å². The Balaban J connectivity index is 2.00. The smallest absolute Gasteiger partial charge is 0.164 e. The Morgan fingerprint density at radius 2 is 1.50 bits per heavy atom. The zero-order chi connectivity index (χ0) is 22.8. The number of hydrogen-bond donors (Lipinski definition) is 4. The summed E-state index contributed by atoms with van der Waals surface area (Å²) in [5.74, 6) is 0. The third-order valence-corrected chi connectivity index (χ3v) is 6.03. The second-order valence-electron chi connectivity index (χ2n) is 7.56. The second-order valence-corrected chi connectivity index (χ2v) is 7.94. The molecule has 3 aromatic rings. The minimum absolute atomic E-state index is 0.108. The van der Waals surface area contributed by atoms with Crippen molar-refractivity contribution in [3.8, 4) is 28.5 Å². The van der Waals surface area contributed by atoms with Crippen molar-refractivity contribution in [2.75, 3.05) is 6.61 Å². The molecule has 0 amide bonds. The predicted octanol–water partition coefficient (Wildman–Crippen LogP) is 2.40. The van der Waals surface area contributed by atoms with E-state index in [2.05, 4.69) is 6.07 Å². The number of aromatic nitrogens is 1. The lowest BCUT2D eigenvalue weighted by Gasteiger charge is -2.41. The van der Waals surface area contributed by atoms with E-state index in [4.69, 9.17) is 17.0 Å². The van der Waals surface area contributed by atoms with Gasteiger partial charge < -0.3 is 29.7 Å². The molecule has 1 aromatic heterocycles. The molecule has 2 aromatic carbocycles. The Bertz CT molecular complexity index is 1190. The molecule has 8 heteroatoms. The molecule has 164 valence electrons. The lowest BCUT2D eigenvalue weighted by molar-refractivity contribution is -0.251. The van der Waals surface area contributed by atoms with Crippen molar-refractivity contribution < 1.29 is 25.2 Å². The Morgan fingerprint density at radius 3 is 2.06 bits per heavy atom. The van der Waals surface area contributed by atoms with Crippen LogP contribution in [0, 0.1) is 16.0 Å². The first kappa shape index (κ1) is 22.3. The van der Waals surface area contributed by atoms with Gasteiger partial charge in [0, 0.05) is 5.56 Å². The van der Waals surface area contributed by atoms with Crippen molar-refractivity contribution in [1.29, 1.82) is 5.26 Å². The SMILES string of the molecule is N#Cc1c(-c2ccccc2)cc(-c2ccccc2)n([C@@H]2O[C@@H](CO)[C@@H](O)[C@@H](O)[C@H]2O)c1=S. The average molecular weight is 451 g/mol. The van der Waals surface area contributed by atoms with Gasteiger partial charge in [-0.25, -0.2) is 0 Å². The van der Waals surface area contributed by atoms with Gasteiger partial charge in [-0.05, 0) is 17.2 Å². The zero-order valence-corrected chi connectivity index (χ0v) is 17.8. The third kappa shape index (κ3) is 3.87. The van der Waals surface area contributed by atoms with Gasteiger partial charge in [0.2, 0.25) is 0 Å². The number of hydrogen-bond acceptors (Lipinski definition) is 7. The van der Waals surface area contributed by atoms with E-state index < -0.39 is 37.3 Å². The van der Waals surface area contributed by atoms with Gasteiger partial charge in [0.05, 0.1) is 17.9 Å². The summed E-state index contributed by atoms with van der Waals surface area (Å²) in [6.07, 6.45) is -6.96. The number of aliphatic hydroxyl groups excluding tert-OH is 4. The highest BCUT2D eigenvalue weighted by Gasteiger charge is 2.45. The summed E-state index contributed by atoms with van der Waals surface area (Å²) in [5, 5.41) is 50.8. The molecule has 32 heavy (non-hydrogen) atoms.